The van der Waals surface area contributed by atoms with Gasteiger partial charge in [0.15, 0.2) is 0 Å². The fraction of sp³-hybridized carbons (Fsp3) is 0.250. The molecule has 0 fully saturated rings. The average molecular weight is 220 g/mol. The van der Waals surface area contributed by atoms with Crippen molar-refractivity contribution < 1.29 is 9.90 Å². The predicted octanol–water partition coefficient (Wildman–Crippen LogP) is 3.12. The van der Waals surface area contributed by atoms with Crippen molar-refractivity contribution in [3.05, 3.63) is 34.4 Å². The van der Waals surface area contributed by atoms with E-state index in [2.05, 4.69) is 6.08 Å². The molecule has 2 nitrogen and oxygen atoms in total. The number of benzene rings is 1. The molecule has 1 aliphatic rings. The van der Waals surface area contributed by atoms with Crippen molar-refractivity contribution in [1.82, 2.24) is 0 Å². The van der Waals surface area contributed by atoms with E-state index in [-0.39, 0.29) is 0 Å². The lowest BCUT2D eigenvalue weighted by Gasteiger charge is -2.17. The van der Waals surface area contributed by atoms with E-state index in [9.17, 15) is 4.79 Å². The Kier molecular flexibility index (Phi) is 2.57. The second-order valence-corrected chi connectivity index (χ2v) is 4.66. The summed E-state index contributed by atoms with van der Waals surface area (Å²) in [6.07, 6.45) is 4.10. The van der Waals surface area contributed by atoms with Gasteiger partial charge >= 0.3 is 5.97 Å². The van der Waals surface area contributed by atoms with E-state index < -0.39 is 5.97 Å². The van der Waals surface area contributed by atoms with Gasteiger partial charge in [-0.25, -0.2) is 4.79 Å². The van der Waals surface area contributed by atoms with Crippen LogP contribution in [0.3, 0.4) is 0 Å². The number of hydrogen-bond acceptors (Lipinski definition) is 2. The lowest BCUT2D eigenvalue weighted by Crippen LogP contribution is -2.05. The first kappa shape index (κ1) is 10.3. The number of thioether (sulfide) groups is 1. The first-order valence-electron chi connectivity index (χ1n) is 4.78. The van der Waals surface area contributed by atoms with Crippen LogP contribution < -0.4 is 0 Å². The number of aryl methyl sites for hydroxylation is 1. The molecule has 0 bridgehead atoms. The summed E-state index contributed by atoms with van der Waals surface area (Å²) < 4.78 is 0. The van der Waals surface area contributed by atoms with Crippen molar-refractivity contribution in [3.8, 4) is 0 Å². The van der Waals surface area contributed by atoms with E-state index in [4.69, 9.17) is 5.11 Å². The molecule has 0 saturated heterocycles. The molecule has 15 heavy (non-hydrogen) atoms. The van der Waals surface area contributed by atoms with E-state index in [1.807, 2.05) is 19.9 Å². The summed E-state index contributed by atoms with van der Waals surface area (Å²) in [6, 6.07) is 1.77. The zero-order valence-corrected chi connectivity index (χ0v) is 9.52. The summed E-state index contributed by atoms with van der Waals surface area (Å²) >= 11 is 1.77. The highest BCUT2D eigenvalue weighted by Crippen LogP contribution is 2.35. The molecule has 0 spiro atoms. The Hall–Kier alpha value is -1.22. The molecule has 78 valence electrons. The van der Waals surface area contributed by atoms with Crippen molar-refractivity contribution in [2.24, 2.45) is 0 Å². The number of carboxylic acid groups (broad SMARTS) is 1. The monoisotopic (exact) mass is 220 g/mol. The molecule has 0 atom stereocenters. The Balaban J connectivity index is 2.71. The highest BCUT2D eigenvalue weighted by atomic mass is 32.2. The van der Waals surface area contributed by atoms with Gasteiger partial charge in [-0.15, -0.1) is 11.8 Å². The Labute approximate surface area is 93.0 Å². The minimum atomic E-state index is -0.845. The summed E-state index contributed by atoms with van der Waals surface area (Å²) in [5, 5.41) is 9.06. The van der Waals surface area contributed by atoms with Crippen LogP contribution in [0.5, 0.6) is 0 Å². The first-order valence-corrected chi connectivity index (χ1v) is 5.76. The van der Waals surface area contributed by atoms with E-state index in [1.54, 1.807) is 17.8 Å². The van der Waals surface area contributed by atoms with Crippen molar-refractivity contribution in [1.29, 1.82) is 0 Å². The van der Waals surface area contributed by atoms with Gasteiger partial charge in [0.05, 0.1) is 5.56 Å². The van der Waals surface area contributed by atoms with Gasteiger partial charge < -0.3 is 5.11 Å². The molecule has 1 aliphatic heterocycles. The Morgan fingerprint density at radius 1 is 1.47 bits per heavy atom. The van der Waals surface area contributed by atoms with Gasteiger partial charge in [-0.3, -0.25) is 0 Å². The molecule has 1 aromatic rings. The number of carboxylic acids is 1. The minimum Gasteiger partial charge on any atom is -0.478 e. The van der Waals surface area contributed by atoms with Crippen LogP contribution >= 0.6 is 11.8 Å². The Morgan fingerprint density at radius 2 is 2.20 bits per heavy atom. The Bertz CT molecular complexity index is 461. The van der Waals surface area contributed by atoms with Crippen molar-refractivity contribution in [3.63, 3.8) is 0 Å². The summed E-state index contributed by atoms with van der Waals surface area (Å²) in [7, 11) is 0. The molecule has 1 aromatic carbocycles. The molecular formula is C12H12O2S. The van der Waals surface area contributed by atoms with E-state index in [0.717, 1.165) is 22.4 Å². The Morgan fingerprint density at radius 3 is 2.87 bits per heavy atom. The first-order chi connectivity index (χ1) is 7.11. The molecule has 0 aliphatic carbocycles. The largest absolute Gasteiger partial charge is 0.478 e. The molecule has 0 amide bonds. The fourth-order valence-corrected chi connectivity index (χ4v) is 2.85. The van der Waals surface area contributed by atoms with E-state index in [1.165, 1.54) is 4.90 Å². The predicted molar refractivity (Wildman–Crippen MR) is 62.6 cm³/mol. The molecule has 0 aromatic heterocycles. The van der Waals surface area contributed by atoms with Gasteiger partial charge in [0.25, 0.3) is 0 Å². The average Bonchev–Trinajstić information content (AvgIpc) is 2.23. The van der Waals surface area contributed by atoms with Crippen LogP contribution in [0.25, 0.3) is 6.08 Å². The minimum absolute atomic E-state index is 0.415. The van der Waals surface area contributed by atoms with E-state index >= 15 is 0 Å². The van der Waals surface area contributed by atoms with Gasteiger partial charge in [-0.2, -0.15) is 0 Å². The maximum Gasteiger partial charge on any atom is 0.335 e. The quantitative estimate of drug-likeness (QED) is 0.790. The number of carbonyl (C=O) groups is 1. The molecule has 0 saturated carbocycles. The third-order valence-electron chi connectivity index (χ3n) is 2.61. The number of aromatic carboxylic acids is 1. The van der Waals surface area contributed by atoms with Crippen LogP contribution in [-0.4, -0.2) is 16.8 Å². The number of hydrogen-bond donors (Lipinski definition) is 1. The van der Waals surface area contributed by atoms with Gasteiger partial charge in [-0.1, -0.05) is 12.2 Å². The van der Waals surface area contributed by atoms with E-state index in [0.29, 0.717) is 5.56 Å². The van der Waals surface area contributed by atoms with Crippen LogP contribution in [0, 0.1) is 13.8 Å². The maximum atomic E-state index is 11.0. The van der Waals surface area contributed by atoms with Crippen LogP contribution in [0.2, 0.25) is 0 Å². The van der Waals surface area contributed by atoms with Crippen LogP contribution in [0.4, 0.5) is 0 Å². The third kappa shape index (κ3) is 1.67. The van der Waals surface area contributed by atoms with Crippen molar-refractivity contribution in [2.75, 3.05) is 5.75 Å². The number of fused-ring (bicyclic) bond motifs is 1. The fourth-order valence-electron chi connectivity index (χ4n) is 1.83. The maximum absolute atomic E-state index is 11.0. The summed E-state index contributed by atoms with van der Waals surface area (Å²) in [6.45, 7) is 3.84. The highest BCUT2D eigenvalue weighted by Gasteiger charge is 2.17. The highest BCUT2D eigenvalue weighted by molar-refractivity contribution is 7.99. The second-order valence-electron chi connectivity index (χ2n) is 3.63. The van der Waals surface area contributed by atoms with Crippen LogP contribution in [-0.2, 0) is 0 Å². The smallest absolute Gasteiger partial charge is 0.335 e. The molecular weight excluding hydrogens is 208 g/mol. The second kappa shape index (κ2) is 3.74. The molecule has 0 radical (unpaired) electrons. The molecule has 0 unspecified atom stereocenters. The topological polar surface area (TPSA) is 37.3 Å². The summed E-state index contributed by atoms with van der Waals surface area (Å²) in [5.41, 5.74) is 3.41. The van der Waals surface area contributed by atoms with Gasteiger partial charge in [0.1, 0.15) is 0 Å². The van der Waals surface area contributed by atoms with Gasteiger partial charge in [0.2, 0.25) is 0 Å². The van der Waals surface area contributed by atoms with Crippen molar-refractivity contribution >= 4 is 23.8 Å². The summed E-state index contributed by atoms with van der Waals surface area (Å²) in [4.78, 5) is 12.3. The van der Waals surface area contributed by atoms with Crippen molar-refractivity contribution in [2.45, 2.75) is 18.7 Å². The zero-order chi connectivity index (χ0) is 11.0. The van der Waals surface area contributed by atoms with Gasteiger partial charge in [-0.05, 0) is 36.6 Å². The lowest BCUT2D eigenvalue weighted by molar-refractivity contribution is 0.0696. The molecule has 1 heterocycles. The SMILES string of the molecule is Cc1cc(C(=O)O)c(C)c2c1SCC=C2. The van der Waals surface area contributed by atoms with Crippen LogP contribution in [0.1, 0.15) is 27.0 Å². The van der Waals surface area contributed by atoms with Gasteiger partial charge in [0, 0.05) is 10.6 Å². The zero-order valence-electron chi connectivity index (χ0n) is 8.70. The standard InChI is InChI=1S/C12H12O2S/c1-7-6-10(12(13)14)8(2)9-4-3-5-15-11(7)9/h3-4,6H,5H2,1-2H3,(H,13,14). The molecule has 1 N–H and O–H groups in total. The summed E-state index contributed by atoms with van der Waals surface area (Å²) in [5.74, 6) is 0.127. The third-order valence-corrected chi connectivity index (χ3v) is 3.80. The van der Waals surface area contributed by atoms with Crippen LogP contribution in [0.15, 0.2) is 17.0 Å². The molecule has 2 rings (SSSR count). The normalized spacial score (nSPS) is 13.7. The number of rotatable bonds is 1. The molecule has 3 heteroatoms. The lowest BCUT2D eigenvalue weighted by atomic mass is 9.98.